The Labute approximate surface area is 105 Å². The number of nitriles is 1. The van der Waals surface area contributed by atoms with E-state index >= 15 is 0 Å². The Balaban J connectivity index is 2.63. The molecule has 0 N–H and O–H groups in total. The van der Waals surface area contributed by atoms with Crippen molar-refractivity contribution in [2.45, 2.75) is 0 Å². The Hall–Kier alpha value is -2.60. The quantitative estimate of drug-likeness (QED) is 0.771. The Morgan fingerprint density at radius 3 is 2.67 bits per heavy atom. The third-order valence-electron chi connectivity index (χ3n) is 2.68. The number of ether oxygens (including phenoxy) is 1. The molecule has 0 bridgehead atoms. The monoisotopic (exact) mass is 237 g/mol. The minimum atomic E-state index is 0.498. The predicted molar refractivity (Wildman–Crippen MR) is 68.5 cm³/mol. The molecule has 0 atom stereocenters. The summed E-state index contributed by atoms with van der Waals surface area (Å²) in [7, 11) is 1.53. The smallest absolute Gasteiger partial charge is 0.153 e. The molecule has 0 spiro atoms. The molecule has 2 rings (SSSR count). The van der Waals surface area contributed by atoms with Crippen LogP contribution in [0.5, 0.6) is 5.75 Å². The molecule has 0 saturated carbocycles. The Bertz CT molecular complexity index is 627. The summed E-state index contributed by atoms with van der Waals surface area (Å²) in [5, 5.41) is 8.90. The van der Waals surface area contributed by atoms with Crippen molar-refractivity contribution in [2.24, 2.45) is 0 Å². The molecule has 0 aliphatic carbocycles. The highest BCUT2D eigenvalue weighted by Crippen LogP contribution is 2.32. The number of para-hydroxylation sites is 1. The Morgan fingerprint density at radius 1 is 1.22 bits per heavy atom. The van der Waals surface area contributed by atoms with Gasteiger partial charge in [-0.2, -0.15) is 5.26 Å². The molecule has 0 heterocycles. The number of benzene rings is 2. The molecule has 2 aromatic rings. The summed E-state index contributed by atoms with van der Waals surface area (Å²) in [5.74, 6) is 0.530. The Kier molecular flexibility index (Phi) is 3.40. The van der Waals surface area contributed by atoms with Crippen LogP contribution >= 0.6 is 0 Å². The van der Waals surface area contributed by atoms with Gasteiger partial charge in [0.05, 0.1) is 24.3 Å². The van der Waals surface area contributed by atoms with Gasteiger partial charge < -0.3 is 4.74 Å². The number of nitrogens with zero attached hydrogens (tertiary/aromatic N) is 1. The number of hydrogen-bond acceptors (Lipinski definition) is 3. The molecule has 0 amide bonds. The zero-order chi connectivity index (χ0) is 13.0. The first-order valence-corrected chi connectivity index (χ1v) is 5.43. The summed E-state index contributed by atoms with van der Waals surface area (Å²) < 4.78 is 5.28. The lowest BCUT2D eigenvalue weighted by molar-refractivity contribution is 0.112. The van der Waals surface area contributed by atoms with Crippen LogP contribution in [0.2, 0.25) is 0 Å². The minimum Gasteiger partial charge on any atom is -0.495 e. The van der Waals surface area contributed by atoms with Crippen LogP contribution < -0.4 is 4.74 Å². The first kappa shape index (κ1) is 11.9. The molecule has 0 fully saturated rings. The zero-order valence-corrected chi connectivity index (χ0v) is 9.88. The maximum atomic E-state index is 11.0. The van der Waals surface area contributed by atoms with Crippen molar-refractivity contribution in [1.82, 2.24) is 0 Å². The van der Waals surface area contributed by atoms with Crippen molar-refractivity contribution >= 4 is 6.29 Å². The van der Waals surface area contributed by atoms with Crippen molar-refractivity contribution in [2.75, 3.05) is 7.11 Å². The number of methoxy groups -OCH3 is 1. The molecule has 3 heteroatoms. The van der Waals surface area contributed by atoms with Gasteiger partial charge in [-0.15, -0.1) is 0 Å². The first-order valence-electron chi connectivity index (χ1n) is 5.43. The summed E-state index contributed by atoms with van der Waals surface area (Å²) in [6.07, 6.45) is 0.760. The van der Waals surface area contributed by atoms with Crippen LogP contribution in [0.1, 0.15) is 15.9 Å². The molecule has 0 unspecified atom stereocenters. The second-order valence-electron chi connectivity index (χ2n) is 3.74. The van der Waals surface area contributed by atoms with Crippen molar-refractivity contribution in [3.05, 3.63) is 53.6 Å². The van der Waals surface area contributed by atoms with E-state index in [-0.39, 0.29) is 0 Å². The lowest BCUT2D eigenvalue weighted by Crippen LogP contribution is -1.93. The second-order valence-corrected chi connectivity index (χ2v) is 3.74. The summed E-state index contributed by atoms with van der Waals surface area (Å²) in [5.41, 5.74) is 2.73. The van der Waals surface area contributed by atoms with E-state index in [1.165, 1.54) is 7.11 Å². The van der Waals surface area contributed by atoms with E-state index < -0.39 is 0 Å². The number of hydrogen-bond donors (Lipinski definition) is 0. The fourth-order valence-electron chi connectivity index (χ4n) is 1.86. The molecule has 0 radical (unpaired) electrons. The molecule has 18 heavy (non-hydrogen) atoms. The fourth-order valence-corrected chi connectivity index (χ4v) is 1.86. The van der Waals surface area contributed by atoms with Gasteiger partial charge in [0.2, 0.25) is 0 Å². The lowest BCUT2D eigenvalue weighted by Gasteiger charge is -2.10. The van der Waals surface area contributed by atoms with E-state index in [2.05, 4.69) is 6.07 Å². The van der Waals surface area contributed by atoms with Crippen LogP contribution in [0.4, 0.5) is 0 Å². The predicted octanol–water partition coefficient (Wildman–Crippen LogP) is 3.05. The van der Waals surface area contributed by atoms with E-state index in [1.807, 2.05) is 12.1 Å². The topological polar surface area (TPSA) is 50.1 Å². The van der Waals surface area contributed by atoms with E-state index in [0.29, 0.717) is 16.9 Å². The largest absolute Gasteiger partial charge is 0.495 e. The number of carbonyl (C=O) groups excluding carboxylic acids is 1. The fraction of sp³-hybridized carbons (Fsp3) is 0.0667. The molecule has 2 aromatic carbocycles. The molecule has 0 aliphatic heterocycles. The molecule has 0 aliphatic rings. The zero-order valence-electron chi connectivity index (χ0n) is 9.88. The van der Waals surface area contributed by atoms with Gasteiger partial charge >= 0.3 is 0 Å². The van der Waals surface area contributed by atoms with Crippen LogP contribution in [0, 0.1) is 11.3 Å². The van der Waals surface area contributed by atoms with Crippen molar-refractivity contribution in [3.8, 4) is 22.9 Å². The SMILES string of the molecule is COc1c(C=O)cccc1-c1cccc(C#N)c1. The second kappa shape index (κ2) is 5.15. The third kappa shape index (κ3) is 2.09. The van der Waals surface area contributed by atoms with E-state index in [0.717, 1.165) is 17.4 Å². The highest BCUT2D eigenvalue weighted by Gasteiger charge is 2.10. The van der Waals surface area contributed by atoms with Gasteiger partial charge in [-0.25, -0.2) is 0 Å². The summed E-state index contributed by atoms with van der Waals surface area (Å²) in [6, 6.07) is 14.6. The molecule has 0 saturated heterocycles. The van der Waals surface area contributed by atoms with Gasteiger partial charge in [-0.3, -0.25) is 4.79 Å². The maximum absolute atomic E-state index is 11.0. The highest BCUT2D eigenvalue weighted by atomic mass is 16.5. The van der Waals surface area contributed by atoms with Gasteiger partial charge in [0.15, 0.2) is 6.29 Å². The summed E-state index contributed by atoms with van der Waals surface area (Å²) >= 11 is 0. The van der Waals surface area contributed by atoms with Gasteiger partial charge in [-0.05, 0) is 23.8 Å². The van der Waals surface area contributed by atoms with Crippen molar-refractivity contribution in [1.29, 1.82) is 5.26 Å². The lowest BCUT2D eigenvalue weighted by atomic mass is 10.00. The molecule has 88 valence electrons. The number of carbonyl (C=O) groups is 1. The molecular weight excluding hydrogens is 226 g/mol. The van der Waals surface area contributed by atoms with Crippen LogP contribution in [-0.4, -0.2) is 13.4 Å². The van der Waals surface area contributed by atoms with Crippen LogP contribution in [0.15, 0.2) is 42.5 Å². The normalized spacial score (nSPS) is 9.56. The average Bonchev–Trinajstić information content (AvgIpc) is 2.46. The van der Waals surface area contributed by atoms with Gasteiger partial charge in [0.1, 0.15) is 5.75 Å². The minimum absolute atomic E-state index is 0.498. The number of aldehydes is 1. The summed E-state index contributed by atoms with van der Waals surface area (Å²) in [6.45, 7) is 0. The third-order valence-corrected chi connectivity index (χ3v) is 2.68. The number of rotatable bonds is 3. The van der Waals surface area contributed by atoms with E-state index in [9.17, 15) is 4.79 Å². The van der Waals surface area contributed by atoms with Gasteiger partial charge in [0.25, 0.3) is 0 Å². The van der Waals surface area contributed by atoms with E-state index in [1.54, 1.807) is 30.3 Å². The van der Waals surface area contributed by atoms with E-state index in [4.69, 9.17) is 10.00 Å². The molecule has 0 aromatic heterocycles. The Morgan fingerprint density at radius 2 is 2.00 bits per heavy atom. The molecule has 3 nitrogen and oxygen atoms in total. The van der Waals surface area contributed by atoms with Crippen LogP contribution in [-0.2, 0) is 0 Å². The van der Waals surface area contributed by atoms with Gasteiger partial charge in [-0.1, -0.05) is 24.3 Å². The average molecular weight is 237 g/mol. The summed E-state index contributed by atoms with van der Waals surface area (Å²) in [4.78, 5) is 11.0. The molecular formula is C15H11NO2. The standard InChI is InChI=1S/C15H11NO2/c1-18-15-13(10-17)6-3-7-14(15)12-5-2-4-11(8-12)9-16/h2-8,10H,1H3. The van der Waals surface area contributed by atoms with Crippen LogP contribution in [0.3, 0.4) is 0 Å². The maximum Gasteiger partial charge on any atom is 0.153 e. The van der Waals surface area contributed by atoms with Gasteiger partial charge in [0, 0.05) is 5.56 Å². The first-order chi connectivity index (χ1) is 8.80. The van der Waals surface area contributed by atoms with Crippen LogP contribution in [0.25, 0.3) is 11.1 Å². The highest BCUT2D eigenvalue weighted by molar-refractivity contribution is 5.86. The van der Waals surface area contributed by atoms with Crippen molar-refractivity contribution in [3.63, 3.8) is 0 Å². The van der Waals surface area contributed by atoms with Crippen molar-refractivity contribution < 1.29 is 9.53 Å².